The first-order valence-electron chi connectivity index (χ1n) is 2.49. The smallest absolute Gasteiger partial charge is 0.325 e. The summed E-state index contributed by atoms with van der Waals surface area (Å²) in [6.07, 6.45) is 0. The molecule has 0 bridgehead atoms. The first kappa shape index (κ1) is 6.60. The molecule has 0 aromatic heterocycles. The molecule has 0 aromatic carbocycles. The summed E-state index contributed by atoms with van der Waals surface area (Å²) in [5.41, 5.74) is 0. The van der Waals surface area contributed by atoms with Crippen LogP contribution in [0.3, 0.4) is 0 Å². The highest BCUT2D eigenvalue weighted by Gasteiger charge is 2.21. The van der Waals surface area contributed by atoms with E-state index < -0.39 is 23.2 Å². The fourth-order valence-corrected chi connectivity index (χ4v) is 0.511. The molecule has 0 saturated carbocycles. The second kappa shape index (κ2) is 2.02. The zero-order valence-electron chi connectivity index (χ0n) is 4.90. The molecule has 56 valence electrons. The lowest BCUT2D eigenvalue weighted by Gasteiger charge is -2.12. The summed E-state index contributed by atoms with van der Waals surface area (Å²) in [6.45, 7) is -0.332. The van der Waals surface area contributed by atoms with E-state index in [1.807, 2.05) is 0 Å². The SMILES string of the molecule is OC1=C(O)C(O)=C(O)OC1. The Labute approximate surface area is 56.1 Å². The van der Waals surface area contributed by atoms with Gasteiger partial charge in [0.05, 0.1) is 0 Å². The number of aliphatic hydroxyl groups excluding tert-OH is 4. The van der Waals surface area contributed by atoms with Gasteiger partial charge in [0.2, 0.25) is 11.5 Å². The van der Waals surface area contributed by atoms with E-state index in [-0.39, 0.29) is 6.61 Å². The van der Waals surface area contributed by atoms with Crippen molar-refractivity contribution in [3.8, 4) is 0 Å². The Hall–Kier alpha value is -1.52. The monoisotopic (exact) mass is 146 g/mol. The average molecular weight is 146 g/mol. The largest absolute Gasteiger partial charge is 0.505 e. The standard InChI is InChI=1S/C5H6O5/c6-2-1-10-5(9)4(8)3(2)7/h6-9H,1H2. The van der Waals surface area contributed by atoms with Gasteiger partial charge in [0, 0.05) is 0 Å². The van der Waals surface area contributed by atoms with Crippen LogP contribution in [0, 0.1) is 0 Å². The minimum absolute atomic E-state index is 0.332. The number of ether oxygens (including phenoxy) is 1. The van der Waals surface area contributed by atoms with Gasteiger partial charge in [-0.2, -0.15) is 0 Å². The minimum Gasteiger partial charge on any atom is -0.505 e. The van der Waals surface area contributed by atoms with E-state index in [9.17, 15) is 0 Å². The Kier molecular flexibility index (Phi) is 1.33. The van der Waals surface area contributed by atoms with Gasteiger partial charge < -0.3 is 25.2 Å². The van der Waals surface area contributed by atoms with Gasteiger partial charge in [-0.1, -0.05) is 0 Å². The van der Waals surface area contributed by atoms with Crippen LogP contribution in [0.5, 0.6) is 0 Å². The molecule has 0 fully saturated rings. The third-order valence-electron chi connectivity index (χ3n) is 1.05. The molecule has 0 radical (unpaired) electrons. The fraction of sp³-hybridized carbons (Fsp3) is 0.200. The fourth-order valence-electron chi connectivity index (χ4n) is 0.511. The minimum atomic E-state index is -0.844. The van der Waals surface area contributed by atoms with Crippen LogP contribution in [0.15, 0.2) is 23.2 Å². The summed E-state index contributed by atoms with van der Waals surface area (Å²) in [5, 5.41) is 34.6. The second-order valence-electron chi connectivity index (χ2n) is 1.74. The third-order valence-corrected chi connectivity index (χ3v) is 1.05. The van der Waals surface area contributed by atoms with Crippen LogP contribution in [-0.4, -0.2) is 27.0 Å². The zero-order chi connectivity index (χ0) is 7.72. The highest BCUT2D eigenvalue weighted by atomic mass is 16.6. The molecule has 0 aliphatic carbocycles. The van der Waals surface area contributed by atoms with Crippen molar-refractivity contribution in [3.05, 3.63) is 23.2 Å². The lowest BCUT2D eigenvalue weighted by Crippen LogP contribution is -2.11. The molecule has 5 heteroatoms. The van der Waals surface area contributed by atoms with Gasteiger partial charge in [0.15, 0.2) is 12.4 Å². The van der Waals surface area contributed by atoms with Gasteiger partial charge in [-0.3, -0.25) is 0 Å². The molecule has 5 nitrogen and oxygen atoms in total. The molecule has 1 aliphatic heterocycles. The molecular formula is C5H6O5. The molecule has 0 spiro atoms. The van der Waals surface area contributed by atoms with E-state index in [0.29, 0.717) is 0 Å². The third kappa shape index (κ3) is 0.812. The van der Waals surface area contributed by atoms with Crippen molar-refractivity contribution in [1.29, 1.82) is 0 Å². The first-order chi connectivity index (χ1) is 4.63. The van der Waals surface area contributed by atoms with Gasteiger partial charge >= 0.3 is 5.95 Å². The van der Waals surface area contributed by atoms with Gasteiger partial charge in [-0.15, -0.1) is 0 Å². The Morgan fingerprint density at radius 3 is 2.10 bits per heavy atom. The predicted molar refractivity (Wildman–Crippen MR) is 30.5 cm³/mol. The van der Waals surface area contributed by atoms with Crippen LogP contribution in [-0.2, 0) is 4.74 Å². The van der Waals surface area contributed by atoms with E-state index in [2.05, 4.69) is 4.74 Å². The topological polar surface area (TPSA) is 90.2 Å². The normalized spacial score (nSPS) is 19.2. The van der Waals surface area contributed by atoms with Crippen molar-refractivity contribution in [2.24, 2.45) is 0 Å². The van der Waals surface area contributed by atoms with Crippen molar-refractivity contribution in [3.63, 3.8) is 0 Å². The van der Waals surface area contributed by atoms with Crippen LogP contribution >= 0.6 is 0 Å². The molecule has 0 unspecified atom stereocenters. The number of hydrogen-bond donors (Lipinski definition) is 4. The molecule has 1 rings (SSSR count). The molecule has 0 atom stereocenters. The first-order valence-corrected chi connectivity index (χ1v) is 2.49. The molecule has 0 amide bonds. The van der Waals surface area contributed by atoms with Crippen molar-refractivity contribution >= 4 is 0 Å². The van der Waals surface area contributed by atoms with Gasteiger partial charge in [-0.05, 0) is 0 Å². The van der Waals surface area contributed by atoms with Crippen molar-refractivity contribution in [2.75, 3.05) is 6.61 Å². The van der Waals surface area contributed by atoms with Crippen molar-refractivity contribution in [1.82, 2.24) is 0 Å². The number of aliphatic hydroxyl groups is 4. The highest BCUT2D eigenvalue weighted by molar-refractivity contribution is 5.23. The van der Waals surface area contributed by atoms with Crippen LogP contribution in [0.2, 0.25) is 0 Å². The van der Waals surface area contributed by atoms with E-state index in [1.54, 1.807) is 0 Å². The molecule has 10 heavy (non-hydrogen) atoms. The Balaban J connectivity index is 3.01. The van der Waals surface area contributed by atoms with Crippen LogP contribution in [0.1, 0.15) is 0 Å². The summed E-state index contributed by atoms with van der Waals surface area (Å²) >= 11 is 0. The molecule has 4 N–H and O–H groups in total. The van der Waals surface area contributed by atoms with E-state index >= 15 is 0 Å². The van der Waals surface area contributed by atoms with Crippen LogP contribution < -0.4 is 0 Å². The summed E-state index contributed by atoms with van der Waals surface area (Å²) in [6, 6.07) is 0. The van der Waals surface area contributed by atoms with Gasteiger partial charge in [0.1, 0.15) is 0 Å². The predicted octanol–water partition coefficient (Wildman–Crippen LogP) is 0.629. The average Bonchev–Trinajstić information content (AvgIpc) is 1.93. The maximum absolute atomic E-state index is 8.70. The van der Waals surface area contributed by atoms with Crippen molar-refractivity contribution < 1.29 is 25.2 Å². The van der Waals surface area contributed by atoms with Crippen LogP contribution in [0.4, 0.5) is 0 Å². The lowest BCUT2D eigenvalue weighted by atomic mass is 10.3. The van der Waals surface area contributed by atoms with E-state index in [0.717, 1.165) is 0 Å². The summed E-state index contributed by atoms with van der Waals surface area (Å²) < 4.78 is 4.29. The number of hydrogen-bond acceptors (Lipinski definition) is 5. The summed E-state index contributed by atoms with van der Waals surface area (Å²) in [5.74, 6) is -2.88. The molecular weight excluding hydrogens is 140 g/mol. The maximum Gasteiger partial charge on any atom is 0.325 e. The van der Waals surface area contributed by atoms with Crippen molar-refractivity contribution in [2.45, 2.75) is 0 Å². The quantitative estimate of drug-likeness (QED) is 0.402. The van der Waals surface area contributed by atoms with E-state index in [1.165, 1.54) is 0 Å². The lowest BCUT2D eigenvalue weighted by molar-refractivity contribution is 0.0517. The Bertz CT molecular complexity index is 190. The summed E-state index contributed by atoms with van der Waals surface area (Å²) in [4.78, 5) is 0. The zero-order valence-corrected chi connectivity index (χ0v) is 4.90. The number of rotatable bonds is 0. The molecule has 0 aromatic rings. The molecule has 0 saturated heterocycles. The maximum atomic E-state index is 8.70. The van der Waals surface area contributed by atoms with Gasteiger partial charge in [-0.25, -0.2) is 0 Å². The second-order valence-corrected chi connectivity index (χ2v) is 1.74. The Morgan fingerprint density at radius 1 is 1.00 bits per heavy atom. The van der Waals surface area contributed by atoms with Gasteiger partial charge in [0.25, 0.3) is 0 Å². The Morgan fingerprint density at radius 2 is 1.60 bits per heavy atom. The molecule has 1 aliphatic rings. The molecule has 1 heterocycles. The van der Waals surface area contributed by atoms with Crippen LogP contribution in [0.25, 0.3) is 0 Å². The van der Waals surface area contributed by atoms with E-state index in [4.69, 9.17) is 20.4 Å². The highest BCUT2D eigenvalue weighted by Crippen LogP contribution is 2.17. The summed E-state index contributed by atoms with van der Waals surface area (Å²) in [7, 11) is 0.